The molecule has 0 aliphatic carbocycles. The molecule has 0 aromatic heterocycles. The van der Waals surface area contributed by atoms with Gasteiger partial charge < -0.3 is 5.32 Å². The van der Waals surface area contributed by atoms with E-state index in [1.165, 1.54) is 0 Å². The molecule has 2 rings (SSSR count). The topological polar surface area (TPSA) is 49.4 Å². The van der Waals surface area contributed by atoms with E-state index in [1.807, 2.05) is 41.5 Å². The number of piperazine rings is 1. The van der Waals surface area contributed by atoms with Gasteiger partial charge in [-0.15, -0.1) is 0 Å². The molecule has 0 saturated carbocycles. The molecule has 0 spiro atoms. The lowest BCUT2D eigenvalue weighted by Crippen LogP contribution is -2.56. The maximum Gasteiger partial charge on any atom is 0.243 e. The lowest BCUT2D eigenvalue weighted by atomic mass is 10.0. The molecule has 1 aromatic rings. The molecule has 0 radical (unpaired) electrons. The Morgan fingerprint density at radius 2 is 1.62 bits per heavy atom. The van der Waals surface area contributed by atoms with Crippen molar-refractivity contribution < 1.29 is 8.42 Å². The molecule has 118 valence electrons. The first-order valence-corrected chi connectivity index (χ1v) is 8.93. The van der Waals surface area contributed by atoms with Gasteiger partial charge in [0.1, 0.15) is 0 Å². The molecule has 0 amide bonds. The molecular weight excluding hydrogens is 284 g/mol. The number of aryl methyl sites for hydroxylation is 2. The van der Waals surface area contributed by atoms with Gasteiger partial charge in [-0.1, -0.05) is 6.07 Å². The monoisotopic (exact) mass is 310 g/mol. The van der Waals surface area contributed by atoms with Crippen LogP contribution in [0.15, 0.2) is 11.0 Å². The minimum atomic E-state index is -3.46. The van der Waals surface area contributed by atoms with E-state index in [2.05, 4.69) is 11.4 Å². The summed E-state index contributed by atoms with van der Waals surface area (Å²) in [5.74, 6) is 0. The van der Waals surface area contributed by atoms with Crippen molar-refractivity contribution >= 4 is 10.0 Å². The predicted octanol–water partition coefficient (Wildman–Crippen LogP) is 2.29. The van der Waals surface area contributed by atoms with Gasteiger partial charge in [0, 0.05) is 25.2 Å². The van der Waals surface area contributed by atoms with Crippen molar-refractivity contribution in [1.82, 2.24) is 9.62 Å². The molecule has 1 aliphatic heterocycles. The number of hydrogen-bond acceptors (Lipinski definition) is 3. The van der Waals surface area contributed by atoms with Crippen LogP contribution in [0.2, 0.25) is 0 Å². The van der Waals surface area contributed by atoms with Gasteiger partial charge in [-0.2, -0.15) is 4.31 Å². The third kappa shape index (κ3) is 2.87. The van der Waals surface area contributed by atoms with Gasteiger partial charge in [-0.25, -0.2) is 8.42 Å². The molecule has 0 bridgehead atoms. The standard InChI is InChI=1S/C16H26N2O2S/c1-10-7-11(2)15(6)16(14(10)5)21(19,20)18-9-12(3)17-8-13(18)4/h7,12-13,17H,8-9H2,1-6H3. The summed E-state index contributed by atoms with van der Waals surface area (Å²) in [6.07, 6.45) is 0. The van der Waals surface area contributed by atoms with Crippen LogP contribution in [0, 0.1) is 27.7 Å². The van der Waals surface area contributed by atoms with Crippen LogP contribution in [-0.4, -0.2) is 37.9 Å². The number of sulfonamides is 1. The average molecular weight is 310 g/mol. The van der Waals surface area contributed by atoms with Crippen LogP contribution in [0.25, 0.3) is 0 Å². The van der Waals surface area contributed by atoms with E-state index in [9.17, 15) is 8.42 Å². The van der Waals surface area contributed by atoms with Gasteiger partial charge in [0.05, 0.1) is 4.90 Å². The Morgan fingerprint density at radius 1 is 1.10 bits per heavy atom. The van der Waals surface area contributed by atoms with Crippen molar-refractivity contribution in [1.29, 1.82) is 0 Å². The Bertz CT molecular complexity index is 626. The molecule has 1 saturated heterocycles. The molecule has 1 aliphatic rings. The summed E-state index contributed by atoms with van der Waals surface area (Å²) >= 11 is 0. The van der Waals surface area contributed by atoms with E-state index < -0.39 is 10.0 Å². The molecule has 21 heavy (non-hydrogen) atoms. The third-order valence-corrected chi connectivity index (χ3v) is 6.83. The zero-order valence-electron chi connectivity index (χ0n) is 13.8. The molecule has 1 aromatic carbocycles. The van der Waals surface area contributed by atoms with Crippen molar-refractivity contribution in [2.24, 2.45) is 0 Å². The highest BCUT2D eigenvalue weighted by Gasteiger charge is 2.35. The molecule has 1 heterocycles. The summed E-state index contributed by atoms with van der Waals surface area (Å²) in [5, 5.41) is 3.33. The first-order valence-electron chi connectivity index (χ1n) is 7.49. The number of hydrogen-bond donors (Lipinski definition) is 1. The van der Waals surface area contributed by atoms with Gasteiger partial charge in [-0.3, -0.25) is 0 Å². The largest absolute Gasteiger partial charge is 0.311 e. The first kappa shape index (κ1) is 16.5. The zero-order chi connectivity index (χ0) is 15.9. The summed E-state index contributed by atoms with van der Waals surface area (Å²) in [7, 11) is -3.46. The number of nitrogens with one attached hydrogen (secondary N) is 1. The Kier molecular flexibility index (Phi) is 4.47. The second-order valence-corrected chi connectivity index (χ2v) is 8.15. The SMILES string of the molecule is Cc1cc(C)c(C)c(S(=O)(=O)N2CC(C)NCC2C)c1C. The van der Waals surface area contributed by atoms with E-state index in [1.54, 1.807) is 4.31 Å². The fraction of sp³-hybridized carbons (Fsp3) is 0.625. The second-order valence-electron chi connectivity index (χ2n) is 6.32. The van der Waals surface area contributed by atoms with E-state index in [4.69, 9.17) is 0 Å². The summed E-state index contributed by atoms with van der Waals surface area (Å²) in [6, 6.07) is 2.22. The highest BCUT2D eigenvalue weighted by molar-refractivity contribution is 7.89. The number of benzene rings is 1. The molecule has 4 nitrogen and oxygen atoms in total. The summed E-state index contributed by atoms with van der Waals surface area (Å²) in [6.45, 7) is 13.0. The van der Waals surface area contributed by atoms with Crippen LogP contribution in [-0.2, 0) is 10.0 Å². The second kappa shape index (κ2) is 5.71. The van der Waals surface area contributed by atoms with Crippen LogP contribution in [0.4, 0.5) is 0 Å². The first-order chi connectivity index (χ1) is 9.66. The molecular formula is C16H26N2O2S. The smallest absolute Gasteiger partial charge is 0.243 e. The van der Waals surface area contributed by atoms with Crippen molar-refractivity contribution in [2.45, 2.75) is 58.5 Å². The average Bonchev–Trinajstić information content (AvgIpc) is 2.39. The molecule has 1 fully saturated rings. The lowest BCUT2D eigenvalue weighted by molar-refractivity contribution is 0.244. The molecule has 2 unspecified atom stereocenters. The molecule has 2 atom stereocenters. The Labute approximate surface area is 128 Å². The van der Waals surface area contributed by atoms with Crippen molar-refractivity contribution in [3.63, 3.8) is 0 Å². The van der Waals surface area contributed by atoms with Gasteiger partial charge >= 0.3 is 0 Å². The summed E-state index contributed by atoms with van der Waals surface area (Å²) < 4.78 is 28.0. The van der Waals surface area contributed by atoms with Gasteiger partial charge in [0.25, 0.3) is 0 Å². The number of rotatable bonds is 2. The minimum Gasteiger partial charge on any atom is -0.311 e. The van der Waals surface area contributed by atoms with E-state index in [0.29, 0.717) is 18.0 Å². The van der Waals surface area contributed by atoms with Crippen molar-refractivity contribution in [3.8, 4) is 0 Å². The zero-order valence-corrected chi connectivity index (χ0v) is 14.6. The van der Waals surface area contributed by atoms with Gasteiger partial charge in [0.2, 0.25) is 10.0 Å². The van der Waals surface area contributed by atoms with Crippen LogP contribution < -0.4 is 5.32 Å². The molecule has 1 N–H and O–H groups in total. The van der Waals surface area contributed by atoms with Crippen LogP contribution >= 0.6 is 0 Å². The maximum absolute atomic E-state index is 13.2. The quantitative estimate of drug-likeness (QED) is 0.912. The third-order valence-electron chi connectivity index (χ3n) is 4.57. The Hall–Kier alpha value is -0.910. The van der Waals surface area contributed by atoms with E-state index in [0.717, 1.165) is 22.3 Å². The fourth-order valence-corrected chi connectivity index (χ4v) is 5.31. The predicted molar refractivity (Wildman–Crippen MR) is 86.2 cm³/mol. The van der Waals surface area contributed by atoms with Gasteiger partial charge in [-0.05, 0) is 63.8 Å². The lowest BCUT2D eigenvalue weighted by Gasteiger charge is -2.37. The van der Waals surface area contributed by atoms with Gasteiger partial charge in [0.15, 0.2) is 0 Å². The summed E-state index contributed by atoms with van der Waals surface area (Å²) in [4.78, 5) is 0.501. The number of nitrogens with zero attached hydrogens (tertiary/aromatic N) is 1. The van der Waals surface area contributed by atoms with Crippen molar-refractivity contribution in [3.05, 3.63) is 28.3 Å². The Balaban J connectivity index is 2.59. The minimum absolute atomic E-state index is 0.0224. The summed E-state index contributed by atoms with van der Waals surface area (Å²) in [5.41, 5.74) is 3.81. The normalized spacial score (nSPS) is 24.3. The van der Waals surface area contributed by atoms with E-state index in [-0.39, 0.29) is 12.1 Å². The van der Waals surface area contributed by atoms with Crippen LogP contribution in [0.5, 0.6) is 0 Å². The molecule has 5 heteroatoms. The fourth-order valence-electron chi connectivity index (χ4n) is 3.01. The Morgan fingerprint density at radius 3 is 2.14 bits per heavy atom. The van der Waals surface area contributed by atoms with Crippen LogP contribution in [0.3, 0.4) is 0 Å². The highest BCUT2D eigenvalue weighted by atomic mass is 32.2. The highest BCUT2D eigenvalue weighted by Crippen LogP contribution is 2.30. The van der Waals surface area contributed by atoms with E-state index >= 15 is 0 Å². The van der Waals surface area contributed by atoms with Crippen molar-refractivity contribution in [2.75, 3.05) is 13.1 Å². The van der Waals surface area contributed by atoms with Crippen LogP contribution in [0.1, 0.15) is 36.1 Å². The maximum atomic E-state index is 13.2.